The SMILES string of the molecule is COC(CNc1nc(C)cs1)OC. The highest BCUT2D eigenvalue weighted by molar-refractivity contribution is 7.13. The van der Waals surface area contributed by atoms with E-state index in [2.05, 4.69) is 10.3 Å². The Morgan fingerprint density at radius 1 is 1.54 bits per heavy atom. The summed E-state index contributed by atoms with van der Waals surface area (Å²) in [4.78, 5) is 4.25. The number of aromatic nitrogens is 1. The van der Waals surface area contributed by atoms with Crippen LogP contribution in [-0.4, -0.2) is 32.0 Å². The molecule has 0 spiro atoms. The highest BCUT2D eigenvalue weighted by Crippen LogP contribution is 2.14. The Labute approximate surface area is 81.9 Å². The monoisotopic (exact) mass is 202 g/mol. The van der Waals surface area contributed by atoms with Crippen LogP contribution in [0.1, 0.15) is 5.69 Å². The molecule has 0 amide bonds. The van der Waals surface area contributed by atoms with Crippen LogP contribution >= 0.6 is 11.3 Å². The smallest absolute Gasteiger partial charge is 0.183 e. The molecule has 1 aromatic rings. The van der Waals surface area contributed by atoms with Gasteiger partial charge in [0.25, 0.3) is 0 Å². The van der Waals surface area contributed by atoms with Crippen molar-refractivity contribution in [3.63, 3.8) is 0 Å². The number of anilines is 1. The Morgan fingerprint density at radius 3 is 2.69 bits per heavy atom. The van der Waals surface area contributed by atoms with Crippen molar-refractivity contribution in [2.24, 2.45) is 0 Å². The lowest BCUT2D eigenvalue weighted by atomic mass is 10.6. The molecule has 0 bridgehead atoms. The molecule has 0 saturated heterocycles. The molecule has 0 atom stereocenters. The minimum absolute atomic E-state index is 0.218. The zero-order chi connectivity index (χ0) is 9.68. The standard InChI is InChI=1S/C8H14N2O2S/c1-6-5-13-8(10-6)9-4-7(11-2)12-3/h5,7H,4H2,1-3H3,(H,9,10). The number of ether oxygens (including phenoxy) is 2. The molecule has 0 aliphatic heterocycles. The number of rotatable bonds is 5. The van der Waals surface area contributed by atoms with Gasteiger partial charge in [0, 0.05) is 19.6 Å². The number of thiazole rings is 1. The molecule has 0 radical (unpaired) electrons. The number of methoxy groups -OCH3 is 2. The van der Waals surface area contributed by atoms with Crippen molar-refractivity contribution in [1.82, 2.24) is 4.98 Å². The summed E-state index contributed by atoms with van der Waals surface area (Å²) in [5, 5.41) is 6.02. The van der Waals surface area contributed by atoms with Crippen LogP contribution < -0.4 is 5.32 Å². The largest absolute Gasteiger partial charge is 0.356 e. The van der Waals surface area contributed by atoms with E-state index in [0.717, 1.165) is 10.8 Å². The van der Waals surface area contributed by atoms with E-state index in [4.69, 9.17) is 9.47 Å². The third-order valence-electron chi connectivity index (χ3n) is 1.56. The van der Waals surface area contributed by atoms with Crippen molar-refractivity contribution in [1.29, 1.82) is 0 Å². The molecule has 0 saturated carbocycles. The van der Waals surface area contributed by atoms with Crippen LogP contribution in [0.3, 0.4) is 0 Å². The third kappa shape index (κ3) is 3.30. The summed E-state index contributed by atoms with van der Waals surface area (Å²) in [6.45, 7) is 2.58. The van der Waals surface area contributed by atoms with Gasteiger partial charge in [-0.1, -0.05) is 0 Å². The fourth-order valence-electron chi connectivity index (χ4n) is 0.869. The lowest BCUT2D eigenvalue weighted by molar-refractivity contribution is -0.0914. The minimum Gasteiger partial charge on any atom is -0.356 e. The van der Waals surface area contributed by atoms with E-state index in [1.165, 1.54) is 0 Å². The van der Waals surface area contributed by atoms with Crippen molar-refractivity contribution < 1.29 is 9.47 Å². The van der Waals surface area contributed by atoms with Crippen LogP contribution in [0.15, 0.2) is 5.38 Å². The Kier molecular flexibility index (Phi) is 4.14. The van der Waals surface area contributed by atoms with Crippen LogP contribution in [-0.2, 0) is 9.47 Å². The van der Waals surface area contributed by atoms with Crippen molar-refractivity contribution in [2.75, 3.05) is 26.1 Å². The first-order valence-corrected chi connectivity index (χ1v) is 4.86. The molecule has 0 fully saturated rings. The van der Waals surface area contributed by atoms with Gasteiger partial charge in [-0.15, -0.1) is 11.3 Å². The zero-order valence-corrected chi connectivity index (χ0v) is 8.85. The van der Waals surface area contributed by atoms with Gasteiger partial charge in [0.15, 0.2) is 11.4 Å². The molecule has 1 N–H and O–H groups in total. The van der Waals surface area contributed by atoms with Gasteiger partial charge >= 0.3 is 0 Å². The highest BCUT2D eigenvalue weighted by atomic mass is 32.1. The summed E-state index contributed by atoms with van der Waals surface area (Å²) in [6, 6.07) is 0. The van der Waals surface area contributed by atoms with Crippen molar-refractivity contribution >= 4 is 16.5 Å². The van der Waals surface area contributed by atoms with Gasteiger partial charge in [0.1, 0.15) is 0 Å². The summed E-state index contributed by atoms with van der Waals surface area (Å²) in [6.07, 6.45) is -0.218. The van der Waals surface area contributed by atoms with Crippen LogP contribution in [0.2, 0.25) is 0 Å². The van der Waals surface area contributed by atoms with Crippen LogP contribution in [0.25, 0.3) is 0 Å². The van der Waals surface area contributed by atoms with Gasteiger partial charge in [0.2, 0.25) is 0 Å². The lowest BCUT2D eigenvalue weighted by Crippen LogP contribution is -2.23. The maximum atomic E-state index is 5.02. The molecule has 13 heavy (non-hydrogen) atoms. The summed E-state index contributed by atoms with van der Waals surface area (Å²) in [5.41, 5.74) is 1.03. The molecule has 0 aromatic carbocycles. The normalized spacial score (nSPS) is 10.8. The van der Waals surface area contributed by atoms with E-state index in [1.54, 1.807) is 25.6 Å². The fraction of sp³-hybridized carbons (Fsp3) is 0.625. The lowest BCUT2D eigenvalue weighted by Gasteiger charge is -2.12. The fourth-order valence-corrected chi connectivity index (χ4v) is 1.57. The Balaban J connectivity index is 2.33. The number of hydrogen-bond donors (Lipinski definition) is 1. The van der Waals surface area contributed by atoms with Crippen LogP contribution in [0, 0.1) is 6.92 Å². The summed E-state index contributed by atoms with van der Waals surface area (Å²) >= 11 is 1.58. The molecule has 0 aliphatic carbocycles. The van der Waals surface area contributed by atoms with E-state index in [0.29, 0.717) is 6.54 Å². The maximum absolute atomic E-state index is 5.02. The molecule has 1 heterocycles. The number of aryl methyl sites for hydroxylation is 1. The first-order valence-electron chi connectivity index (χ1n) is 3.98. The summed E-state index contributed by atoms with van der Waals surface area (Å²) in [7, 11) is 3.23. The van der Waals surface area contributed by atoms with Crippen LogP contribution in [0.5, 0.6) is 0 Å². The van der Waals surface area contributed by atoms with E-state index >= 15 is 0 Å². The topological polar surface area (TPSA) is 43.4 Å². The predicted octanol–water partition coefficient (Wildman–Crippen LogP) is 1.48. The number of nitrogens with one attached hydrogen (secondary N) is 1. The van der Waals surface area contributed by atoms with Crippen molar-refractivity contribution in [2.45, 2.75) is 13.2 Å². The molecule has 1 aromatic heterocycles. The molecular weight excluding hydrogens is 188 g/mol. The highest BCUT2D eigenvalue weighted by Gasteiger charge is 2.05. The van der Waals surface area contributed by atoms with E-state index < -0.39 is 0 Å². The van der Waals surface area contributed by atoms with Gasteiger partial charge in [-0.2, -0.15) is 0 Å². The minimum atomic E-state index is -0.218. The van der Waals surface area contributed by atoms with Gasteiger partial charge in [-0.25, -0.2) is 4.98 Å². The Morgan fingerprint density at radius 2 is 2.23 bits per heavy atom. The molecule has 74 valence electrons. The van der Waals surface area contributed by atoms with Crippen molar-refractivity contribution in [3.05, 3.63) is 11.1 Å². The van der Waals surface area contributed by atoms with Gasteiger partial charge < -0.3 is 14.8 Å². The molecule has 1 rings (SSSR count). The summed E-state index contributed by atoms with van der Waals surface area (Å²) in [5.74, 6) is 0. The van der Waals surface area contributed by atoms with E-state index in [-0.39, 0.29) is 6.29 Å². The number of nitrogens with zero attached hydrogens (tertiary/aromatic N) is 1. The van der Waals surface area contributed by atoms with Gasteiger partial charge in [-0.05, 0) is 6.92 Å². The van der Waals surface area contributed by atoms with Crippen molar-refractivity contribution in [3.8, 4) is 0 Å². The second-order valence-corrected chi connectivity index (χ2v) is 3.43. The van der Waals surface area contributed by atoms with Gasteiger partial charge in [0.05, 0.1) is 12.2 Å². The molecule has 0 unspecified atom stereocenters. The summed E-state index contributed by atoms with van der Waals surface area (Å²) < 4.78 is 10.0. The quantitative estimate of drug-likeness (QED) is 0.734. The van der Waals surface area contributed by atoms with Gasteiger partial charge in [-0.3, -0.25) is 0 Å². The molecule has 5 heteroatoms. The first kappa shape index (κ1) is 10.4. The van der Waals surface area contributed by atoms with E-state index in [1.807, 2.05) is 12.3 Å². The van der Waals surface area contributed by atoms with E-state index in [9.17, 15) is 0 Å². The predicted molar refractivity (Wildman–Crippen MR) is 53.1 cm³/mol. The third-order valence-corrected chi connectivity index (χ3v) is 2.48. The molecule has 0 aliphatic rings. The average Bonchev–Trinajstić information content (AvgIpc) is 2.53. The maximum Gasteiger partial charge on any atom is 0.183 e. The Hall–Kier alpha value is -0.650. The van der Waals surface area contributed by atoms with Crippen LogP contribution in [0.4, 0.5) is 5.13 Å². The zero-order valence-electron chi connectivity index (χ0n) is 8.03. The number of hydrogen-bond acceptors (Lipinski definition) is 5. The average molecular weight is 202 g/mol. The molecular formula is C8H14N2O2S. The second-order valence-electron chi connectivity index (χ2n) is 2.58. The Bertz CT molecular complexity index is 248. The second kappa shape index (κ2) is 5.16. The molecule has 4 nitrogen and oxygen atoms in total. The first-order chi connectivity index (χ1) is 6.26.